The Kier molecular flexibility index (Phi) is 4.39. The molecule has 1 saturated heterocycles. The van der Waals surface area contributed by atoms with Crippen molar-refractivity contribution in [3.8, 4) is 0 Å². The van der Waals surface area contributed by atoms with Crippen LogP contribution in [0.3, 0.4) is 0 Å². The number of carboxylic acid groups (broad SMARTS) is 1. The topological polar surface area (TPSA) is 40.5 Å². The van der Waals surface area contributed by atoms with E-state index in [0.29, 0.717) is 5.92 Å². The standard InChI is InChI=1S/C11H21NO2/c1-3-5-12-6-4-10(8-12)7-9(2)11(13)14/h9-10H,3-8H2,1-2H3,(H,13,14). The fraction of sp³-hybridized carbons (Fsp3) is 0.909. The summed E-state index contributed by atoms with van der Waals surface area (Å²) < 4.78 is 0. The van der Waals surface area contributed by atoms with Gasteiger partial charge in [0, 0.05) is 6.54 Å². The molecular weight excluding hydrogens is 178 g/mol. The second-order valence-corrected chi connectivity index (χ2v) is 4.43. The van der Waals surface area contributed by atoms with Crippen LogP contribution in [-0.2, 0) is 4.79 Å². The molecule has 0 radical (unpaired) electrons. The molecule has 2 unspecified atom stereocenters. The molecule has 2 atom stereocenters. The Morgan fingerprint density at radius 3 is 2.93 bits per heavy atom. The zero-order chi connectivity index (χ0) is 10.6. The molecule has 3 nitrogen and oxygen atoms in total. The van der Waals surface area contributed by atoms with Crippen molar-refractivity contribution in [1.82, 2.24) is 4.90 Å². The molecule has 0 aromatic heterocycles. The van der Waals surface area contributed by atoms with Crippen molar-refractivity contribution >= 4 is 5.97 Å². The summed E-state index contributed by atoms with van der Waals surface area (Å²) in [5.41, 5.74) is 0. The first-order valence-electron chi connectivity index (χ1n) is 5.58. The lowest BCUT2D eigenvalue weighted by Gasteiger charge is -2.15. The summed E-state index contributed by atoms with van der Waals surface area (Å²) in [5, 5.41) is 8.80. The van der Waals surface area contributed by atoms with Gasteiger partial charge in [-0.3, -0.25) is 4.79 Å². The number of aliphatic carboxylic acids is 1. The molecule has 1 rings (SSSR count). The first-order chi connectivity index (χ1) is 6.63. The van der Waals surface area contributed by atoms with Crippen LogP contribution >= 0.6 is 0 Å². The van der Waals surface area contributed by atoms with Gasteiger partial charge in [-0.1, -0.05) is 13.8 Å². The van der Waals surface area contributed by atoms with Crippen LogP contribution in [0.1, 0.15) is 33.1 Å². The molecule has 0 spiro atoms. The number of hydrogen-bond acceptors (Lipinski definition) is 2. The molecule has 3 heteroatoms. The van der Waals surface area contributed by atoms with Gasteiger partial charge in [-0.05, 0) is 38.3 Å². The van der Waals surface area contributed by atoms with E-state index < -0.39 is 5.97 Å². The van der Waals surface area contributed by atoms with Crippen molar-refractivity contribution in [1.29, 1.82) is 0 Å². The summed E-state index contributed by atoms with van der Waals surface area (Å²) in [4.78, 5) is 13.1. The van der Waals surface area contributed by atoms with E-state index in [4.69, 9.17) is 5.11 Å². The van der Waals surface area contributed by atoms with Gasteiger partial charge in [-0.25, -0.2) is 0 Å². The number of carbonyl (C=O) groups is 1. The van der Waals surface area contributed by atoms with Gasteiger partial charge in [-0.2, -0.15) is 0 Å². The number of carboxylic acids is 1. The van der Waals surface area contributed by atoms with Gasteiger partial charge in [-0.15, -0.1) is 0 Å². The summed E-state index contributed by atoms with van der Waals surface area (Å²) in [6.45, 7) is 7.42. The van der Waals surface area contributed by atoms with Gasteiger partial charge in [0.1, 0.15) is 0 Å². The highest BCUT2D eigenvalue weighted by atomic mass is 16.4. The molecule has 1 aliphatic heterocycles. The molecule has 82 valence electrons. The fourth-order valence-electron chi connectivity index (χ4n) is 2.23. The average molecular weight is 199 g/mol. The third-order valence-electron chi connectivity index (χ3n) is 3.02. The summed E-state index contributed by atoms with van der Waals surface area (Å²) >= 11 is 0. The maximum absolute atomic E-state index is 10.7. The van der Waals surface area contributed by atoms with E-state index in [9.17, 15) is 4.79 Å². The first-order valence-corrected chi connectivity index (χ1v) is 5.58. The maximum Gasteiger partial charge on any atom is 0.306 e. The van der Waals surface area contributed by atoms with Crippen molar-refractivity contribution in [2.45, 2.75) is 33.1 Å². The predicted octanol–water partition coefficient (Wildman–Crippen LogP) is 1.83. The van der Waals surface area contributed by atoms with Crippen LogP contribution in [0.15, 0.2) is 0 Å². The highest BCUT2D eigenvalue weighted by Crippen LogP contribution is 2.23. The van der Waals surface area contributed by atoms with E-state index >= 15 is 0 Å². The van der Waals surface area contributed by atoms with Gasteiger partial charge >= 0.3 is 5.97 Å². The number of likely N-dealkylation sites (tertiary alicyclic amines) is 1. The van der Waals surface area contributed by atoms with Crippen LogP contribution in [0.2, 0.25) is 0 Å². The zero-order valence-corrected chi connectivity index (χ0v) is 9.20. The van der Waals surface area contributed by atoms with Gasteiger partial charge in [0.05, 0.1) is 5.92 Å². The van der Waals surface area contributed by atoms with E-state index in [-0.39, 0.29) is 5.92 Å². The van der Waals surface area contributed by atoms with Crippen LogP contribution in [0, 0.1) is 11.8 Å². The number of hydrogen-bond donors (Lipinski definition) is 1. The van der Waals surface area contributed by atoms with E-state index in [1.165, 1.54) is 12.8 Å². The Bertz CT molecular complexity index is 194. The quantitative estimate of drug-likeness (QED) is 0.734. The van der Waals surface area contributed by atoms with Crippen molar-refractivity contribution in [2.24, 2.45) is 11.8 Å². The second kappa shape index (κ2) is 5.35. The lowest BCUT2D eigenvalue weighted by molar-refractivity contribution is -0.141. The number of nitrogens with zero attached hydrogens (tertiary/aromatic N) is 1. The normalized spacial score (nSPS) is 25.1. The molecule has 14 heavy (non-hydrogen) atoms. The SMILES string of the molecule is CCCN1CCC(CC(C)C(=O)O)C1. The van der Waals surface area contributed by atoms with Crippen molar-refractivity contribution in [2.75, 3.05) is 19.6 Å². The number of rotatable bonds is 5. The summed E-state index contributed by atoms with van der Waals surface area (Å²) in [5.74, 6) is -0.229. The van der Waals surface area contributed by atoms with Crippen LogP contribution in [0.25, 0.3) is 0 Å². The third kappa shape index (κ3) is 3.29. The first kappa shape index (κ1) is 11.5. The summed E-state index contributed by atoms with van der Waals surface area (Å²) in [6, 6.07) is 0. The molecule has 1 N–H and O–H groups in total. The predicted molar refractivity (Wildman–Crippen MR) is 56.3 cm³/mol. The Labute approximate surface area is 86.1 Å². The minimum absolute atomic E-state index is 0.179. The lowest BCUT2D eigenvalue weighted by Crippen LogP contribution is -2.22. The van der Waals surface area contributed by atoms with Gasteiger partial charge < -0.3 is 10.0 Å². The molecule has 1 heterocycles. The van der Waals surface area contributed by atoms with Crippen molar-refractivity contribution in [3.63, 3.8) is 0 Å². The van der Waals surface area contributed by atoms with Gasteiger partial charge in [0.15, 0.2) is 0 Å². The molecule has 0 amide bonds. The monoisotopic (exact) mass is 199 g/mol. The highest BCUT2D eigenvalue weighted by Gasteiger charge is 2.25. The van der Waals surface area contributed by atoms with Gasteiger partial charge in [0.25, 0.3) is 0 Å². The zero-order valence-electron chi connectivity index (χ0n) is 9.20. The highest BCUT2D eigenvalue weighted by molar-refractivity contribution is 5.69. The summed E-state index contributed by atoms with van der Waals surface area (Å²) in [7, 11) is 0. The van der Waals surface area contributed by atoms with Crippen molar-refractivity contribution in [3.05, 3.63) is 0 Å². The molecule has 0 aromatic carbocycles. The Balaban J connectivity index is 2.25. The average Bonchev–Trinajstić information content (AvgIpc) is 2.53. The molecular formula is C11H21NO2. The molecule has 0 aliphatic carbocycles. The minimum atomic E-state index is -0.654. The van der Waals surface area contributed by atoms with E-state index in [2.05, 4.69) is 11.8 Å². The van der Waals surface area contributed by atoms with Crippen LogP contribution in [0.4, 0.5) is 0 Å². The largest absolute Gasteiger partial charge is 0.481 e. The smallest absolute Gasteiger partial charge is 0.306 e. The molecule has 0 saturated carbocycles. The summed E-state index contributed by atoms with van der Waals surface area (Å²) in [6.07, 6.45) is 3.22. The van der Waals surface area contributed by atoms with Crippen LogP contribution < -0.4 is 0 Å². The van der Waals surface area contributed by atoms with Gasteiger partial charge in [0.2, 0.25) is 0 Å². The molecule has 1 aliphatic rings. The molecule has 0 aromatic rings. The minimum Gasteiger partial charge on any atom is -0.481 e. The van der Waals surface area contributed by atoms with Crippen LogP contribution in [0.5, 0.6) is 0 Å². The maximum atomic E-state index is 10.7. The Morgan fingerprint density at radius 1 is 1.64 bits per heavy atom. The fourth-order valence-corrected chi connectivity index (χ4v) is 2.23. The van der Waals surface area contributed by atoms with Crippen LogP contribution in [-0.4, -0.2) is 35.6 Å². The second-order valence-electron chi connectivity index (χ2n) is 4.43. The Hall–Kier alpha value is -0.570. The van der Waals surface area contributed by atoms with E-state index in [0.717, 1.165) is 26.1 Å². The molecule has 0 bridgehead atoms. The third-order valence-corrected chi connectivity index (χ3v) is 3.02. The van der Waals surface area contributed by atoms with E-state index in [1.54, 1.807) is 0 Å². The van der Waals surface area contributed by atoms with Crippen molar-refractivity contribution < 1.29 is 9.90 Å². The lowest BCUT2D eigenvalue weighted by atomic mass is 9.95. The Morgan fingerprint density at radius 2 is 2.36 bits per heavy atom. The van der Waals surface area contributed by atoms with E-state index in [1.807, 2.05) is 6.92 Å². The molecule has 1 fully saturated rings.